The average molecular weight is 410 g/mol. The summed E-state index contributed by atoms with van der Waals surface area (Å²) in [6.45, 7) is 0. The molecule has 0 spiro atoms. The van der Waals surface area contributed by atoms with Crippen molar-refractivity contribution in [2.45, 2.75) is 0 Å². The molecule has 2 heterocycles. The van der Waals surface area contributed by atoms with Crippen LogP contribution in [0.15, 0.2) is 91.4 Å². The highest BCUT2D eigenvalue weighted by molar-refractivity contribution is 6.03. The third kappa shape index (κ3) is 3.48. The lowest BCUT2D eigenvalue weighted by Crippen LogP contribution is -1.99. The Morgan fingerprint density at radius 1 is 0.871 bits per heavy atom. The second-order valence-electron chi connectivity index (χ2n) is 7.00. The van der Waals surface area contributed by atoms with E-state index in [1.165, 1.54) is 18.5 Å². The van der Waals surface area contributed by atoms with Gasteiger partial charge in [-0.3, -0.25) is 0 Å². The van der Waals surface area contributed by atoms with Crippen LogP contribution >= 0.6 is 0 Å². The molecule has 0 radical (unpaired) electrons. The fourth-order valence-corrected chi connectivity index (χ4v) is 3.67. The minimum absolute atomic E-state index is 0.281. The monoisotopic (exact) mass is 410 g/mol. The van der Waals surface area contributed by atoms with Crippen LogP contribution in [0.4, 0.5) is 15.9 Å². The highest BCUT2D eigenvalue weighted by Crippen LogP contribution is 2.37. The molecule has 5 rings (SSSR count). The van der Waals surface area contributed by atoms with E-state index in [0.29, 0.717) is 11.6 Å². The predicted octanol–water partition coefficient (Wildman–Crippen LogP) is 5.98. The molecular weight excluding hydrogens is 391 g/mol. The van der Waals surface area contributed by atoms with Gasteiger partial charge in [0.25, 0.3) is 0 Å². The lowest BCUT2D eigenvalue weighted by Gasteiger charge is -2.12. The summed E-state index contributed by atoms with van der Waals surface area (Å²) in [4.78, 5) is 9.09. The number of anilines is 2. The number of aromatic nitrogens is 3. The number of nitrogens with zero attached hydrogens (tertiary/aromatic N) is 3. The lowest BCUT2D eigenvalue weighted by molar-refractivity contribution is 0.417. The minimum atomic E-state index is -0.281. The van der Waals surface area contributed by atoms with Crippen molar-refractivity contribution in [2.24, 2.45) is 0 Å². The maximum Gasteiger partial charge on any atom is 0.150 e. The van der Waals surface area contributed by atoms with Crippen LogP contribution in [0.2, 0.25) is 0 Å². The van der Waals surface area contributed by atoms with Gasteiger partial charge >= 0.3 is 0 Å². The van der Waals surface area contributed by atoms with Gasteiger partial charge in [0.05, 0.1) is 18.2 Å². The van der Waals surface area contributed by atoms with Gasteiger partial charge in [-0.05, 0) is 42.0 Å². The summed E-state index contributed by atoms with van der Waals surface area (Å²) in [6.07, 6.45) is 3.53. The number of halogens is 1. The first kappa shape index (κ1) is 18.8. The highest BCUT2D eigenvalue weighted by atomic mass is 19.1. The van der Waals surface area contributed by atoms with E-state index in [-0.39, 0.29) is 5.82 Å². The fourth-order valence-electron chi connectivity index (χ4n) is 3.67. The molecule has 5 nitrogen and oxygen atoms in total. The Bertz CT molecular complexity index is 1350. The predicted molar refractivity (Wildman–Crippen MR) is 121 cm³/mol. The van der Waals surface area contributed by atoms with Crippen molar-refractivity contribution < 1.29 is 9.13 Å². The van der Waals surface area contributed by atoms with Crippen molar-refractivity contribution in [3.8, 4) is 22.6 Å². The summed E-state index contributed by atoms with van der Waals surface area (Å²) in [7, 11) is 1.64. The highest BCUT2D eigenvalue weighted by Gasteiger charge is 2.18. The SMILES string of the molecule is COc1ccccc1Nc1ncnc2c1c(-c1ccccc1)cn2-c1ccc(F)cc1. The zero-order valence-corrected chi connectivity index (χ0v) is 16.8. The molecule has 0 fully saturated rings. The van der Waals surface area contributed by atoms with Crippen molar-refractivity contribution in [3.05, 3.63) is 97.2 Å². The average Bonchev–Trinajstić information content (AvgIpc) is 3.21. The maximum absolute atomic E-state index is 13.5. The van der Waals surface area contributed by atoms with E-state index in [1.807, 2.05) is 65.4 Å². The molecule has 0 bridgehead atoms. The van der Waals surface area contributed by atoms with Gasteiger partial charge < -0.3 is 14.6 Å². The molecular formula is C25H19FN4O. The van der Waals surface area contributed by atoms with Crippen LogP contribution in [0.1, 0.15) is 0 Å². The van der Waals surface area contributed by atoms with Gasteiger partial charge in [-0.1, -0.05) is 42.5 Å². The van der Waals surface area contributed by atoms with E-state index < -0.39 is 0 Å². The van der Waals surface area contributed by atoms with E-state index in [0.717, 1.165) is 33.5 Å². The summed E-state index contributed by atoms with van der Waals surface area (Å²) in [5.41, 5.74) is 4.34. The minimum Gasteiger partial charge on any atom is -0.495 e. The molecule has 3 aromatic carbocycles. The van der Waals surface area contributed by atoms with Gasteiger partial charge in [0, 0.05) is 17.4 Å². The molecule has 0 saturated carbocycles. The molecule has 0 aliphatic rings. The first-order chi connectivity index (χ1) is 15.2. The van der Waals surface area contributed by atoms with Crippen LogP contribution in [-0.2, 0) is 0 Å². The standard InChI is InChI=1S/C25H19FN4O/c1-31-22-10-6-5-9-21(22)29-24-23-20(17-7-3-2-4-8-17)15-30(25(23)28-16-27-24)19-13-11-18(26)12-14-19/h2-16H,1H3,(H,27,28,29). The van der Waals surface area contributed by atoms with Crippen LogP contribution in [0.3, 0.4) is 0 Å². The van der Waals surface area contributed by atoms with Crippen LogP contribution in [-0.4, -0.2) is 21.6 Å². The largest absolute Gasteiger partial charge is 0.495 e. The number of hydrogen-bond donors (Lipinski definition) is 1. The molecule has 0 saturated heterocycles. The molecule has 2 aromatic heterocycles. The smallest absolute Gasteiger partial charge is 0.150 e. The van der Waals surface area contributed by atoms with Gasteiger partial charge in [-0.2, -0.15) is 0 Å². The molecule has 5 aromatic rings. The number of benzene rings is 3. The van der Waals surface area contributed by atoms with Gasteiger partial charge in [0.15, 0.2) is 5.65 Å². The molecule has 1 N–H and O–H groups in total. The Morgan fingerprint density at radius 2 is 1.61 bits per heavy atom. The molecule has 31 heavy (non-hydrogen) atoms. The van der Waals surface area contributed by atoms with E-state index >= 15 is 0 Å². The van der Waals surface area contributed by atoms with Crippen LogP contribution in [0, 0.1) is 5.82 Å². The zero-order valence-electron chi connectivity index (χ0n) is 16.8. The summed E-state index contributed by atoms with van der Waals surface area (Å²) in [6, 6.07) is 24.1. The van der Waals surface area contributed by atoms with E-state index in [2.05, 4.69) is 15.3 Å². The number of nitrogens with one attached hydrogen (secondary N) is 1. The van der Waals surface area contributed by atoms with E-state index in [9.17, 15) is 4.39 Å². The Labute approximate surface area is 178 Å². The number of rotatable bonds is 5. The molecule has 0 aliphatic heterocycles. The summed E-state index contributed by atoms with van der Waals surface area (Å²) >= 11 is 0. The maximum atomic E-state index is 13.5. The normalized spacial score (nSPS) is 10.9. The van der Waals surface area contributed by atoms with Crippen molar-refractivity contribution in [1.29, 1.82) is 0 Å². The number of ether oxygens (including phenoxy) is 1. The van der Waals surface area contributed by atoms with Crippen LogP contribution in [0.25, 0.3) is 27.8 Å². The second kappa shape index (κ2) is 7.91. The topological polar surface area (TPSA) is 52.0 Å². The number of methoxy groups -OCH3 is 1. The zero-order chi connectivity index (χ0) is 21.2. The quantitative estimate of drug-likeness (QED) is 0.387. The number of para-hydroxylation sites is 2. The Balaban J connectivity index is 1.75. The lowest BCUT2D eigenvalue weighted by atomic mass is 10.1. The molecule has 0 unspecified atom stereocenters. The number of fused-ring (bicyclic) bond motifs is 1. The molecule has 152 valence electrons. The summed E-state index contributed by atoms with van der Waals surface area (Å²) < 4.78 is 20.9. The van der Waals surface area contributed by atoms with Gasteiger partial charge in [-0.25, -0.2) is 14.4 Å². The first-order valence-electron chi connectivity index (χ1n) is 9.82. The number of hydrogen-bond acceptors (Lipinski definition) is 4. The van der Waals surface area contributed by atoms with Gasteiger partial charge in [0.2, 0.25) is 0 Å². The summed E-state index contributed by atoms with van der Waals surface area (Å²) in [5, 5.41) is 4.27. The summed E-state index contributed by atoms with van der Waals surface area (Å²) in [5.74, 6) is 1.10. The van der Waals surface area contributed by atoms with Crippen molar-refractivity contribution in [1.82, 2.24) is 14.5 Å². The Morgan fingerprint density at radius 3 is 2.39 bits per heavy atom. The van der Waals surface area contributed by atoms with E-state index in [4.69, 9.17) is 4.74 Å². The van der Waals surface area contributed by atoms with Crippen molar-refractivity contribution in [3.63, 3.8) is 0 Å². The Kier molecular flexibility index (Phi) is 4.80. The molecule has 6 heteroatoms. The molecule has 0 aliphatic carbocycles. The third-order valence-electron chi connectivity index (χ3n) is 5.13. The van der Waals surface area contributed by atoms with Crippen molar-refractivity contribution in [2.75, 3.05) is 12.4 Å². The van der Waals surface area contributed by atoms with Gasteiger partial charge in [0.1, 0.15) is 23.7 Å². The van der Waals surface area contributed by atoms with E-state index in [1.54, 1.807) is 19.2 Å². The fraction of sp³-hybridized carbons (Fsp3) is 0.0400. The first-order valence-corrected chi connectivity index (χ1v) is 9.82. The third-order valence-corrected chi connectivity index (χ3v) is 5.13. The molecule has 0 amide bonds. The van der Waals surface area contributed by atoms with Gasteiger partial charge in [-0.15, -0.1) is 0 Å². The van der Waals surface area contributed by atoms with Crippen LogP contribution < -0.4 is 10.1 Å². The second-order valence-corrected chi connectivity index (χ2v) is 7.00. The van der Waals surface area contributed by atoms with Crippen LogP contribution in [0.5, 0.6) is 5.75 Å². The van der Waals surface area contributed by atoms with Crippen molar-refractivity contribution >= 4 is 22.5 Å². The molecule has 0 atom stereocenters. The Hall–Kier alpha value is -4.19.